The molecule has 0 bridgehead atoms. The molecule has 0 fully saturated rings. The molecule has 1 heterocycles. The van der Waals surface area contributed by atoms with Crippen molar-refractivity contribution in [1.82, 2.24) is 14.8 Å². The number of thioether (sulfide) groups is 1. The quantitative estimate of drug-likeness (QED) is 0.359. The molecule has 0 aliphatic carbocycles. The summed E-state index contributed by atoms with van der Waals surface area (Å²) >= 11 is 7.32. The van der Waals surface area contributed by atoms with E-state index in [9.17, 15) is 4.79 Å². The fourth-order valence-corrected chi connectivity index (χ4v) is 4.05. The average Bonchev–Trinajstić information content (AvgIpc) is 3.22. The summed E-state index contributed by atoms with van der Waals surface area (Å²) in [6, 6.07) is 22.8. The van der Waals surface area contributed by atoms with Crippen LogP contribution in [0.1, 0.15) is 5.56 Å². The Hall–Kier alpha value is -3.29. The molecule has 0 aliphatic rings. The first-order valence-corrected chi connectivity index (χ1v) is 11.2. The van der Waals surface area contributed by atoms with Crippen LogP contribution in [0.3, 0.4) is 0 Å². The third-order valence-corrected chi connectivity index (χ3v) is 5.88. The third-order valence-electron chi connectivity index (χ3n) is 4.71. The predicted octanol–water partition coefficient (Wildman–Crippen LogP) is 5.64. The van der Waals surface area contributed by atoms with E-state index in [-0.39, 0.29) is 11.7 Å². The number of carbonyl (C=O) groups excluding carboxylic acids is 1. The van der Waals surface area contributed by atoms with Gasteiger partial charge in [0.1, 0.15) is 5.75 Å². The van der Waals surface area contributed by atoms with E-state index in [4.69, 9.17) is 16.3 Å². The van der Waals surface area contributed by atoms with Crippen molar-refractivity contribution in [3.05, 3.63) is 83.4 Å². The lowest BCUT2D eigenvalue weighted by molar-refractivity contribution is -0.113. The Morgan fingerprint density at radius 2 is 1.81 bits per heavy atom. The van der Waals surface area contributed by atoms with Gasteiger partial charge in [-0.05, 0) is 61.5 Å². The number of hydrogen-bond acceptors (Lipinski definition) is 5. The zero-order valence-corrected chi connectivity index (χ0v) is 19.2. The van der Waals surface area contributed by atoms with Crippen LogP contribution in [0.15, 0.2) is 78.0 Å². The topological polar surface area (TPSA) is 69.0 Å². The van der Waals surface area contributed by atoms with Gasteiger partial charge >= 0.3 is 0 Å². The Bertz CT molecular complexity index is 1220. The number of carbonyl (C=O) groups is 1. The standard InChI is InChI=1S/C24H21ClN4O2S/c1-16-6-10-20(11-7-16)29-23(17-8-12-21(31-2)13-9-17)27-28-24(29)32-15-22(30)26-19-5-3-4-18(25)14-19/h3-14H,15H2,1-2H3,(H,26,30). The van der Waals surface area contributed by atoms with E-state index < -0.39 is 0 Å². The first kappa shape index (κ1) is 21.9. The Kier molecular flexibility index (Phi) is 6.78. The van der Waals surface area contributed by atoms with Gasteiger partial charge in [0.05, 0.1) is 12.9 Å². The van der Waals surface area contributed by atoms with Crippen LogP contribution in [0.25, 0.3) is 17.1 Å². The van der Waals surface area contributed by atoms with Gasteiger partial charge in [-0.25, -0.2) is 0 Å². The summed E-state index contributed by atoms with van der Waals surface area (Å²) in [4.78, 5) is 12.5. The Morgan fingerprint density at radius 1 is 1.06 bits per heavy atom. The molecule has 0 unspecified atom stereocenters. The van der Waals surface area contributed by atoms with Gasteiger partial charge in [-0.15, -0.1) is 10.2 Å². The third kappa shape index (κ3) is 5.12. The summed E-state index contributed by atoms with van der Waals surface area (Å²) in [7, 11) is 1.63. The zero-order valence-electron chi connectivity index (χ0n) is 17.6. The van der Waals surface area contributed by atoms with E-state index in [1.54, 1.807) is 31.4 Å². The molecule has 0 spiro atoms. The minimum absolute atomic E-state index is 0.151. The largest absolute Gasteiger partial charge is 0.497 e. The van der Waals surface area contributed by atoms with Gasteiger partial charge in [-0.2, -0.15) is 0 Å². The van der Waals surface area contributed by atoms with E-state index >= 15 is 0 Å². The number of halogens is 1. The van der Waals surface area contributed by atoms with Crippen LogP contribution >= 0.6 is 23.4 Å². The Labute approximate surface area is 195 Å². The van der Waals surface area contributed by atoms with Gasteiger partial charge < -0.3 is 10.1 Å². The maximum Gasteiger partial charge on any atom is 0.234 e. The first-order valence-electron chi connectivity index (χ1n) is 9.88. The van der Waals surface area contributed by atoms with Gasteiger partial charge in [-0.3, -0.25) is 9.36 Å². The summed E-state index contributed by atoms with van der Waals surface area (Å²) < 4.78 is 7.22. The van der Waals surface area contributed by atoms with Crippen molar-refractivity contribution in [1.29, 1.82) is 0 Å². The average molecular weight is 465 g/mol. The molecule has 4 aromatic rings. The normalized spacial score (nSPS) is 10.7. The highest BCUT2D eigenvalue weighted by atomic mass is 35.5. The second-order valence-electron chi connectivity index (χ2n) is 7.05. The molecule has 0 aliphatic heterocycles. The fourth-order valence-electron chi connectivity index (χ4n) is 3.11. The molecule has 1 amide bonds. The fraction of sp³-hybridized carbons (Fsp3) is 0.125. The molecule has 1 aromatic heterocycles. The second-order valence-corrected chi connectivity index (χ2v) is 8.43. The highest BCUT2D eigenvalue weighted by Crippen LogP contribution is 2.29. The lowest BCUT2D eigenvalue weighted by Crippen LogP contribution is -2.14. The first-order chi connectivity index (χ1) is 15.5. The minimum Gasteiger partial charge on any atom is -0.497 e. The van der Waals surface area contributed by atoms with Crippen LogP contribution < -0.4 is 10.1 Å². The summed E-state index contributed by atoms with van der Waals surface area (Å²) in [5.74, 6) is 1.48. The molecule has 162 valence electrons. The number of anilines is 1. The molecule has 0 atom stereocenters. The molecule has 0 saturated carbocycles. The SMILES string of the molecule is COc1ccc(-c2nnc(SCC(=O)Nc3cccc(Cl)c3)n2-c2ccc(C)cc2)cc1. The number of rotatable bonds is 7. The molecule has 1 N–H and O–H groups in total. The van der Waals surface area contributed by atoms with Crippen molar-refractivity contribution in [2.24, 2.45) is 0 Å². The molecule has 0 saturated heterocycles. The molecule has 4 rings (SSSR count). The number of aromatic nitrogens is 3. The second kappa shape index (κ2) is 9.89. The molecule has 3 aromatic carbocycles. The number of hydrogen-bond donors (Lipinski definition) is 1. The number of nitrogens with one attached hydrogen (secondary N) is 1. The zero-order chi connectivity index (χ0) is 22.5. The van der Waals surface area contributed by atoms with Crippen molar-refractivity contribution in [3.8, 4) is 22.8 Å². The van der Waals surface area contributed by atoms with Gasteiger partial charge in [0.25, 0.3) is 0 Å². The molecular formula is C24H21ClN4O2S. The van der Waals surface area contributed by atoms with Crippen LogP contribution in [-0.2, 0) is 4.79 Å². The number of nitrogens with zero attached hydrogens (tertiary/aromatic N) is 3. The lowest BCUT2D eigenvalue weighted by Gasteiger charge is -2.11. The van der Waals surface area contributed by atoms with Gasteiger partial charge in [0.15, 0.2) is 11.0 Å². The van der Waals surface area contributed by atoms with Crippen LogP contribution in [-0.4, -0.2) is 33.5 Å². The maximum absolute atomic E-state index is 12.5. The van der Waals surface area contributed by atoms with Crippen molar-refractivity contribution >= 4 is 35.0 Å². The van der Waals surface area contributed by atoms with Gasteiger partial charge in [0.2, 0.25) is 5.91 Å². The van der Waals surface area contributed by atoms with Crippen LogP contribution in [0.4, 0.5) is 5.69 Å². The van der Waals surface area contributed by atoms with E-state index in [0.717, 1.165) is 22.6 Å². The summed E-state index contributed by atoms with van der Waals surface area (Å²) in [6.45, 7) is 2.04. The summed E-state index contributed by atoms with van der Waals surface area (Å²) in [6.07, 6.45) is 0. The van der Waals surface area contributed by atoms with E-state index in [1.807, 2.05) is 60.0 Å². The lowest BCUT2D eigenvalue weighted by atomic mass is 10.2. The number of benzene rings is 3. The number of methoxy groups -OCH3 is 1. The molecular weight excluding hydrogens is 444 g/mol. The highest BCUT2D eigenvalue weighted by Gasteiger charge is 2.17. The van der Waals surface area contributed by atoms with E-state index in [0.29, 0.717) is 21.7 Å². The highest BCUT2D eigenvalue weighted by molar-refractivity contribution is 7.99. The van der Waals surface area contributed by atoms with Gasteiger partial charge in [0, 0.05) is 22.0 Å². The maximum atomic E-state index is 12.5. The number of ether oxygens (including phenoxy) is 1. The number of amides is 1. The summed E-state index contributed by atoms with van der Waals surface area (Å²) in [5.41, 5.74) is 3.63. The van der Waals surface area contributed by atoms with Crippen molar-refractivity contribution in [2.45, 2.75) is 12.1 Å². The van der Waals surface area contributed by atoms with Crippen LogP contribution in [0, 0.1) is 6.92 Å². The molecule has 8 heteroatoms. The monoisotopic (exact) mass is 464 g/mol. The van der Waals surface area contributed by atoms with E-state index in [1.165, 1.54) is 11.8 Å². The minimum atomic E-state index is -0.151. The molecule has 6 nitrogen and oxygen atoms in total. The van der Waals surface area contributed by atoms with Crippen molar-refractivity contribution in [3.63, 3.8) is 0 Å². The molecule has 32 heavy (non-hydrogen) atoms. The van der Waals surface area contributed by atoms with Crippen molar-refractivity contribution < 1.29 is 9.53 Å². The Morgan fingerprint density at radius 3 is 2.50 bits per heavy atom. The molecule has 0 radical (unpaired) electrons. The van der Waals surface area contributed by atoms with Gasteiger partial charge in [-0.1, -0.05) is 47.1 Å². The van der Waals surface area contributed by atoms with Crippen LogP contribution in [0.5, 0.6) is 5.75 Å². The smallest absolute Gasteiger partial charge is 0.234 e. The van der Waals surface area contributed by atoms with E-state index in [2.05, 4.69) is 15.5 Å². The van der Waals surface area contributed by atoms with Crippen molar-refractivity contribution in [2.75, 3.05) is 18.2 Å². The number of aryl methyl sites for hydroxylation is 1. The predicted molar refractivity (Wildman–Crippen MR) is 129 cm³/mol. The Balaban J connectivity index is 1.60. The van der Waals surface area contributed by atoms with Crippen LogP contribution in [0.2, 0.25) is 5.02 Å². The summed E-state index contributed by atoms with van der Waals surface area (Å²) in [5, 5.41) is 12.8.